The SMILES string of the molecule is COc1ccc(N2CCCN(C(=O)COC(c3ccccc3)c3ccccc3)CC2)cc1. The van der Waals surface area contributed by atoms with Crippen molar-refractivity contribution in [2.24, 2.45) is 0 Å². The zero-order valence-electron chi connectivity index (χ0n) is 18.5. The molecule has 1 saturated heterocycles. The highest BCUT2D eigenvalue weighted by Crippen LogP contribution is 2.26. The van der Waals surface area contributed by atoms with E-state index in [1.165, 1.54) is 0 Å². The molecule has 1 aliphatic rings. The van der Waals surface area contributed by atoms with Gasteiger partial charge >= 0.3 is 0 Å². The van der Waals surface area contributed by atoms with E-state index in [-0.39, 0.29) is 18.6 Å². The maximum absolute atomic E-state index is 13.0. The number of carbonyl (C=O) groups excluding carboxylic acids is 1. The molecule has 1 heterocycles. The average Bonchev–Trinajstić information content (AvgIpc) is 3.12. The van der Waals surface area contributed by atoms with Crippen molar-refractivity contribution in [2.45, 2.75) is 12.5 Å². The first-order valence-corrected chi connectivity index (χ1v) is 11.1. The first-order valence-electron chi connectivity index (χ1n) is 11.1. The van der Waals surface area contributed by atoms with E-state index in [4.69, 9.17) is 9.47 Å². The van der Waals surface area contributed by atoms with E-state index in [2.05, 4.69) is 17.0 Å². The number of carbonyl (C=O) groups is 1. The molecule has 0 N–H and O–H groups in total. The van der Waals surface area contributed by atoms with Crippen LogP contribution in [0.3, 0.4) is 0 Å². The van der Waals surface area contributed by atoms with Crippen LogP contribution >= 0.6 is 0 Å². The summed E-state index contributed by atoms with van der Waals surface area (Å²) in [7, 11) is 1.67. The molecule has 0 radical (unpaired) electrons. The normalized spacial score (nSPS) is 14.3. The molecule has 1 fully saturated rings. The molecule has 1 amide bonds. The number of benzene rings is 3. The van der Waals surface area contributed by atoms with Gasteiger partial charge in [-0.15, -0.1) is 0 Å². The number of rotatable bonds is 7. The first kappa shape index (κ1) is 21.9. The maximum atomic E-state index is 13.0. The molecule has 0 saturated carbocycles. The van der Waals surface area contributed by atoms with Crippen LogP contribution in [0.25, 0.3) is 0 Å². The molecule has 0 atom stereocenters. The van der Waals surface area contributed by atoms with Crippen molar-refractivity contribution in [3.8, 4) is 5.75 Å². The summed E-state index contributed by atoms with van der Waals surface area (Å²) < 4.78 is 11.4. The number of anilines is 1. The molecule has 3 aromatic carbocycles. The van der Waals surface area contributed by atoms with Gasteiger partial charge in [0.25, 0.3) is 0 Å². The Morgan fingerprint density at radius 1 is 0.812 bits per heavy atom. The zero-order chi connectivity index (χ0) is 22.2. The molecule has 0 bridgehead atoms. The number of hydrogen-bond donors (Lipinski definition) is 0. The standard InChI is InChI=1S/C27H30N2O3/c1-31-25-15-13-24(14-16-25)28-17-8-18-29(20-19-28)26(30)21-32-27(22-9-4-2-5-10-22)23-11-6-3-7-12-23/h2-7,9-16,27H,8,17-21H2,1H3. The second-order valence-corrected chi connectivity index (χ2v) is 7.93. The van der Waals surface area contributed by atoms with Gasteiger partial charge in [0.05, 0.1) is 7.11 Å². The van der Waals surface area contributed by atoms with E-state index in [1.54, 1.807) is 7.11 Å². The van der Waals surface area contributed by atoms with Crippen LogP contribution in [-0.4, -0.2) is 50.7 Å². The van der Waals surface area contributed by atoms with Gasteiger partial charge < -0.3 is 19.3 Å². The molecule has 166 valence electrons. The lowest BCUT2D eigenvalue weighted by atomic mass is 10.0. The van der Waals surface area contributed by atoms with E-state index in [9.17, 15) is 4.79 Å². The van der Waals surface area contributed by atoms with E-state index in [1.807, 2.05) is 77.7 Å². The largest absolute Gasteiger partial charge is 0.497 e. The third-order valence-electron chi connectivity index (χ3n) is 5.86. The molecular weight excluding hydrogens is 400 g/mol. The summed E-state index contributed by atoms with van der Waals surface area (Å²) in [5, 5.41) is 0. The molecule has 0 aliphatic carbocycles. The third-order valence-corrected chi connectivity index (χ3v) is 5.86. The second kappa shape index (κ2) is 10.8. The fourth-order valence-corrected chi connectivity index (χ4v) is 4.10. The highest BCUT2D eigenvalue weighted by atomic mass is 16.5. The Morgan fingerprint density at radius 3 is 2.03 bits per heavy atom. The predicted molar refractivity (Wildman–Crippen MR) is 127 cm³/mol. The minimum Gasteiger partial charge on any atom is -0.497 e. The monoisotopic (exact) mass is 430 g/mol. The van der Waals surface area contributed by atoms with E-state index in [0.29, 0.717) is 6.54 Å². The van der Waals surface area contributed by atoms with E-state index < -0.39 is 0 Å². The van der Waals surface area contributed by atoms with Crippen molar-refractivity contribution in [2.75, 3.05) is 44.8 Å². The molecule has 5 nitrogen and oxygen atoms in total. The highest BCUT2D eigenvalue weighted by Gasteiger charge is 2.22. The van der Waals surface area contributed by atoms with Crippen LogP contribution in [0.15, 0.2) is 84.9 Å². The van der Waals surface area contributed by atoms with Gasteiger partial charge in [-0.1, -0.05) is 60.7 Å². The average molecular weight is 431 g/mol. The molecular formula is C27H30N2O3. The van der Waals surface area contributed by atoms with E-state index in [0.717, 1.165) is 48.6 Å². The lowest BCUT2D eigenvalue weighted by Crippen LogP contribution is -2.37. The highest BCUT2D eigenvalue weighted by molar-refractivity contribution is 5.77. The molecule has 4 rings (SSSR count). The van der Waals surface area contributed by atoms with Gasteiger partial charge in [-0.25, -0.2) is 0 Å². The fraction of sp³-hybridized carbons (Fsp3) is 0.296. The molecule has 0 spiro atoms. The number of amides is 1. The van der Waals surface area contributed by atoms with Gasteiger partial charge in [-0.3, -0.25) is 4.79 Å². The summed E-state index contributed by atoms with van der Waals surface area (Å²) in [5.41, 5.74) is 3.26. The molecule has 32 heavy (non-hydrogen) atoms. The van der Waals surface area contributed by atoms with Crippen LogP contribution in [0, 0.1) is 0 Å². The summed E-state index contributed by atoms with van der Waals surface area (Å²) in [5.74, 6) is 0.891. The van der Waals surface area contributed by atoms with Gasteiger partial charge in [0.1, 0.15) is 18.5 Å². The van der Waals surface area contributed by atoms with Crippen LogP contribution in [0.2, 0.25) is 0 Å². The van der Waals surface area contributed by atoms with Gasteiger partial charge in [-0.05, 0) is 41.8 Å². The van der Waals surface area contributed by atoms with Gasteiger partial charge in [0.2, 0.25) is 5.91 Å². The maximum Gasteiger partial charge on any atom is 0.248 e. The Morgan fingerprint density at radius 2 is 1.44 bits per heavy atom. The van der Waals surface area contributed by atoms with Crippen LogP contribution in [0.1, 0.15) is 23.7 Å². The van der Waals surface area contributed by atoms with Gasteiger partial charge in [0, 0.05) is 31.9 Å². The third kappa shape index (κ3) is 5.48. The van der Waals surface area contributed by atoms with Crippen LogP contribution in [0.5, 0.6) is 5.75 Å². The summed E-state index contributed by atoms with van der Waals surface area (Å²) in [6.45, 7) is 3.23. The summed E-state index contributed by atoms with van der Waals surface area (Å²) in [4.78, 5) is 17.3. The van der Waals surface area contributed by atoms with Crippen molar-refractivity contribution in [1.82, 2.24) is 4.90 Å². The summed E-state index contributed by atoms with van der Waals surface area (Å²) >= 11 is 0. The Balaban J connectivity index is 1.37. The molecule has 0 unspecified atom stereocenters. The Labute approximate surface area is 190 Å². The number of methoxy groups -OCH3 is 1. The van der Waals surface area contributed by atoms with Crippen molar-refractivity contribution in [3.63, 3.8) is 0 Å². The van der Waals surface area contributed by atoms with Crippen molar-refractivity contribution < 1.29 is 14.3 Å². The number of hydrogen-bond acceptors (Lipinski definition) is 4. The van der Waals surface area contributed by atoms with Crippen molar-refractivity contribution in [1.29, 1.82) is 0 Å². The first-order chi connectivity index (χ1) is 15.7. The molecule has 1 aliphatic heterocycles. The fourth-order valence-electron chi connectivity index (χ4n) is 4.10. The second-order valence-electron chi connectivity index (χ2n) is 7.93. The van der Waals surface area contributed by atoms with Crippen molar-refractivity contribution in [3.05, 3.63) is 96.1 Å². The summed E-state index contributed by atoms with van der Waals surface area (Å²) in [6, 6.07) is 28.2. The lowest BCUT2D eigenvalue weighted by molar-refractivity contribution is -0.137. The topological polar surface area (TPSA) is 42.0 Å². The molecule has 3 aromatic rings. The Hall–Kier alpha value is -3.31. The van der Waals surface area contributed by atoms with Gasteiger partial charge in [-0.2, -0.15) is 0 Å². The lowest BCUT2D eigenvalue weighted by Gasteiger charge is -2.25. The Bertz CT molecular complexity index is 937. The summed E-state index contributed by atoms with van der Waals surface area (Å²) in [6.07, 6.45) is 0.669. The Kier molecular flexibility index (Phi) is 7.41. The number of ether oxygens (including phenoxy) is 2. The van der Waals surface area contributed by atoms with Crippen molar-refractivity contribution >= 4 is 11.6 Å². The smallest absolute Gasteiger partial charge is 0.248 e. The predicted octanol–water partition coefficient (Wildman–Crippen LogP) is 4.54. The van der Waals surface area contributed by atoms with Crippen LogP contribution in [0.4, 0.5) is 5.69 Å². The van der Waals surface area contributed by atoms with Crippen LogP contribution in [-0.2, 0) is 9.53 Å². The quantitative estimate of drug-likeness (QED) is 0.552. The van der Waals surface area contributed by atoms with Gasteiger partial charge in [0.15, 0.2) is 0 Å². The van der Waals surface area contributed by atoms with Crippen LogP contribution < -0.4 is 9.64 Å². The zero-order valence-corrected chi connectivity index (χ0v) is 18.5. The van der Waals surface area contributed by atoms with E-state index >= 15 is 0 Å². The minimum atomic E-state index is -0.260. The minimum absolute atomic E-state index is 0.0402. The molecule has 0 aromatic heterocycles. The molecule has 5 heteroatoms. The number of nitrogens with zero attached hydrogens (tertiary/aromatic N) is 2.